The van der Waals surface area contributed by atoms with Gasteiger partial charge in [0.1, 0.15) is 10.3 Å². The van der Waals surface area contributed by atoms with E-state index in [9.17, 15) is 0 Å². The molecule has 0 saturated heterocycles. The van der Waals surface area contributed by atoms with Gasteiger partial charge in [0.2, 0.25) is 0 Å². The summed E-state index contributed by atoms with van der Waals surface area (Å²) in [5.74, 6) is 0. The standard InChI is InChI=1S/C8H8Cl2N2.ClH/c9-7-3-5-4-11-2-1-6(5)8(10)12-7;/h3,11H,1-2,4H2;1H. The SMILES string of the molecule is Cl.Clc1cc2c(c(Cl)n1)CCNC2. The Bertz CT molecular complexity index is 315. The van der Waals surface area contributed by atoms with Crippen LogP contribution in [0.2, 0.25) is 10.3 Å². The molecule has 5 heteroatoms. The lowest BCUT2D eigenvalue weighted by Crippen LogP contribution is -2.24. The predicted molar refractivity (Wildman–Crippen MR) is 56.9 cm³/mol. The van der Waals surface area contributed by atoms with Gasteiger partial charge in [-0.15, -0.1) is 12.4 Å². The topological polar surface area (TPSA) is 24.9 Å². The minimum absolute atomic E-state index is 0. The van der Waals surface area contributed by atoms with Crippen LogP contribution >= 0.6 is 35.6 Å². The molecule has 72 valence electrons. The first-order valence-electron chi connectivity index (χ1n) is 3.82. The zero-order chi connectivity index (χ0) is 8.55. The monoisotopic (exact) mass is 238 g/mol. The van der Waals surface area contributed by atoms with Crippen LogP contribution in [0.3, 0.4) is 0 Å². The Morgan fingerprint density at radius 1 is 1.38 bits per heavy atom. The molecule has 1 aromatic heterocycles. The summed E-state index contributed by atoms with van der Waals surface area (Å²) in [6, 6.07) is 1.87. The van der Waals surface area contributed by atoms with Crippen molar-refractivity contribution in [1.29, 1.82) is 0 Å². The zero-order valence-electron chi connectivity index (χ0n) is 6.81. The maximum atomic E-state index is 5.92. The molecule has 2 heterocycles. The molecule has 13 heavy (non-hydrogen) atoms. The fraction of sp³-hybridized carbons (Fsp3) is 0.375. The van der Waals surface area contributed by atoms with Gasteiger partial charge < -0.3 is 5.32 Å². The second-order valence-electron chi connectivity index (χ2n) is 2.80. The van der Waals surface area contributed by atoms with Gasteiger partial charge in [0.25, 0.3) is 0 Å². The number of hydrogen-bond acceptors (Lipinski definition) is 2. The van der Waals surface area contributed by atoms with Crippen molar-refractivity contribution in [2.45, 2.75) is 13.0 Å². The molecule has 0 spiro atoms. The Morgan fingerprint density at radius 2 is 2.15 bits per heavy atom. The van der Waals surface area contributed by atoms with Gasteiger partial charge in [-0.25, -0.2) is 4.98 Å². The molecule has 1 N–H and O–H groups in total. The highest BCUT2D eigenvalue weighted by Gasteiger charge is 2.13. The average Bonchev–Trinajstić information content (AvgIpc) is 2.04. The molecule has 2 rings (SSSR count). The fourth-order valence-corrected chi connectivity index (χ4v) is 1.98. The highest BCUT2D eigenvalue weighted by molar-refractivity contribution is 6.33. The first-order valence-corrected chi connectivity index (χ1v) is 4.57. The van der Waals surface area contributed by atoms with Gasteiger partial charge in [-0.05, 0) is 30.2 Å². The summed E-state index contributed by atoms with van der Waals surface area (Å²) in [5, 5.41) is 4.28. The Hall–Kier alpha value is -0.0200. The quantitative estimate of drug-likeness (QED) is 0.704. The molecule has 1 aliphatic heterocycles. The van der Waals surface area contributed by atoms with Crippen molar-refractivity contribution in [2.24, 2.45) is 0 Å². The van der Waals surface area contributed by atoms with E-state index < -0.39 is 0 Å². The van der Waals surface area contributed by atoms with Gasteiger partial charge in [-0.3, -0.25) is 0 Å². The summed E-state index contributed by atoms with van der Waals surface area (Å²) in [6.07, 6.45) is 0.943. The van der Waals surface area contributed by atoms with E-state index in [0.29, 0.717) is 10.3 Å². The minimum Gasteiger partial charge on any atom is -0.312 e. The van der Waals surface area contributed by atoms with E-state index in [-0.39, 0.29) is 12.4 Å². The lowest BCUT2D eigenvalue weighted by Gasteiger charge is -2.17. The van der Waals surface area contributed by atoms with Crippen LogP contribution in [0.15, 0.2) is 6.07 Å². The van der Waals surface area contributed by atoms with Crippen molar-refractivity contribution < 1.29 is 0 Å². The smallest absolute Gasteiger partial charge is 0.134 e. The van der Waals surface area contributed by atoms with Gasteiger partial charge in [0.15, 0.2) is 0 Å². The van der Waals surface area contributed by atoms with Crippen molar-refractivity contribution in [3.63, 3.8) is 0 Å². The molecule has 0 unspecified atom stereocenters. The summed E-state index contributed by atoms with van der Waals surface area (Å²) in [6.45, 7) is 1.81. The number of nitrogens with one attached hydrogen (secondary N) is 1. The van der Waals surface area contributed by atoms with Crippen molar-refractivity contribution in [3.05, 3.63) is 27.5 Å². The van der Waals surface area contributed by atoms with Gasteiger partial charge in [-0.1, -0.05) is 23.2 Å². The van der Waals surface area contributed by atoms with E-state index in [1.807, 2.05) is 6.07 Å². The first kappa shape index (κ1) is 11.1. The van der Waals surface area contributed by atoms with E-state index in [1.54, 1.807) is 0 Å². The molecule has 0 bridgehead atoms. The molecule has 0 atom stereocenters. The molecule has 1 aromatic rings. The molecule has 1 aliphatic rings. The van der Waals surface area contributed by atoms with Crippen LogP contribution in [0.4, 0.5) is 0 Å². The number of pyridine rings is 1. The summed E-state index contributed by atoms with van der Waals surface area (Å²) >= 11 is 11.7. The van der Waals surface area contributed by atoms with Crippen molar-refractivity contribution in [1.82, 2.24) is 10.3 Å². The summed E-state index contributed by atoms with van der Waals surface area (Å²) in [4.78, 5) is 3.99. The van der Waals surface area contributed by atoms with Crippen molar-refractivity contribution >= 4 is 35.6 Å². The number of fused-ring (bicyclic) bond motifs is 1. The third-order valence-electron chi connectivity index (χ3n) is 2.00. The van der Waals surface area contributed by atoms with Crippen LogP contribution in [-0.2, 0) is 13.0 Å². The first-order chi connectivity index (χ1) is 5.77. The Morgan fingerprint density at radius 3 is 2.92 bits per heavy atom. The molecule has 0 amide bonds. The molecular weight excluding hydrogens is 230 g/mol. The van der Waals surface area contributed by atoms with E-state index in [0.717, 1.165) is 25.1 Å². The van der Waals surface area contributed by atoms with Crippen molar-refractivity contribution in [3.8, 4) is 0 Å². The number of hydrogen-bond donors (Lipinski definition) is 1. The molecular formula is C8H9Cl3N2. The van der Waals surface area contributed by atoms with Crippen molar-refractivity contribution in [2.75, 3.05) is 6.54 Å². The van der Waals surface area contributed by atoms with Crippen LogP contribution in [0, 0.1) is 0 Å². The van der Waals surface area contributed by atoms with Crippen LogP contribution < -0.4 is 5.32 Å². The largest absolute Gasteiger partial charge is 0.312 e. The Balaban J connectivity index is 0.000000845. The Labute approximate surface area is 93.0 Å². The van der Waals surface area contributed by atoms with E-state index >= 15 is 0 Å². The second-order valence-corrected chi connectivity index (χ2v) is 3.55. The Kier molecular flexibility index (Phi) is 3.80. The third kappa shape index (κ3) is 2.26. The third-order valence-corrected chi connectivity index (χ3v) is 2.51. The highest BCUT2D eigenvalue weighted by Crippen LogP contribution is 2.23. The molecule has 2 nitrogen and oxygen atoms in total. The number of nitrogens with zero attached hydrogens (tertiary/aromatic N) is 1. The predicted octanol–water partition coefficient (Wildman–Crippen LogP) is 2.46. The van der Waals surface area contributed by atoms with E-state index in [4.69, 9.17) is 23.2 Å². The van der Waals surface area contributed by atoms with E-state index in [1.165, 1.54) is 5.56 Å². The summed E-state index contributed by atoms with van der Waals surface area (Å²) in [7, 11) is 0. The van der Waals surface area contributed by atoms with E-state index in [2.05, 4.69) is 10.3 Å². The van der Waals surface area contributed by atoms with Crippen LogP contribution in [-0.4, -0.2) is 11.5 Å². The summed E-state index contributed by atoms with van der Waals surface area (Å²) in [5.41, 5.74) is 2.31. The lowest BCUT2D eigenvalue weighted by molar-refractivity contribution is 0.641. The number of aromatic nitrogens is 1. The molecule has 0 aliphatic carbocycles. The minimum atomic E-state index is 0. The number of rotatable bonds is 0. The van der Waals surface area contributed by atoms with Gasteiger partial charge in [0.05, 0.1) is 0 Å². The van der Waals surface area contributed by atoms with Gasteiger partial charge in [0, 0.05) is 6.54 Å². The van der Waals surface area contributed by atoms with Crippen LogP contribution in [0.25, 0.3) is 0 Å². The average molecular weight is 240 g/mol. The zero-order valence-corrected chi connectivity index (χ0v) is 9.14. The lowest BCUT2D eigenvalue weighted by atomic mass is 10.0. The van der Waals surface area contributed by atoms with Gasteiger partial charge >= 0.3 is 0 Å². The van der Waals surface area contributed by atoms with Crippen LogP contribution in [0.5, 0.6) is 0 Å². The normalized spacial score (nSPS) is 14.6. The van der Waals surface area contributed by atoms with Gasteiger partial charge in [-0.2, -0.15) is 0 Å². The summed E-state index contributed by atoms with van der Waals surface area (Å²) < 4.78 is 0. The maximum Gasteiger partial charge on any atom is 0.134 e. The number of halogens is 3. The van der Waals surface area contributed by atoms with Crippen LogP contribution in [0.1, 0.15) is 11.1 Å². The second kappa shape index (κ2) is 4.47. The molecule has 0 radical (unpaired) electrons. The molecule has 0 saturated carbocycles. The maximum absolute atomic E-state index is 5.92. The molecule has 0 aromatic carbocycles. The highest BCUT2D eigenvalue weighted by atomic mass is 35.5. The molecule has 0 fully saturated rings. The fourth-order valence-electron chi connectivity index (χ4n) is 1.41.